The summed E-state index contributed by atoms with van der Waals surface area (Å²) in [5.74, 6) is 0.984. The van der Waals surface area contributed by atoms with Crippen molar-refractivity contribution in [1.82, 2.24) is 14.7 Å². The van der Waals surface area contributed by atoms with Gasteiger partial charge in [-0.1, -0.05) is 18.7 Å². The molecule has 1 N–H and O–H groups in total. The number of rotatable bonds is 7. The third-order valence-corrected chi connectivity index (χ3v) is 4.09. The molecule has 1 aromatic heterocycles. The first-order valence-electron chi connectivity index (χ1n) is 5.26. The molecule has 4 nitrogen and oxygen atoms in total. The Bertz CT molecular complexity index is 333. The van der Waals surface area contributed by atoms with E-state index < -0.39 is 5.54 Å². The van der Waals surface area contributed by atoms with Crippen molar-refractivity contribution in [3.8, 4) is 6.07 Å². The van der Waals surface area contributed by atoms with Crippen molar-refractivity contribution in [3.63, 3.8) is 0 Å². The number of nitriles is 1. The van der Waals surface area contributed by atoms with Crippen LogP contribution in [0.15, 0.2) is 10.7 Å². The van der Waals surface area contributed by atoms with Gasteiger partial charge in [-0.05, 0) is 37.8 Å². The van der Waals surface area contributed by atoms with Gasteiger partial charge < -0.3 is 0 Å². The van der Waals surface area contributed by atoms with Crippen LogP contribution in [0.4, 0.5) is 0 Å². The van der Waals surface area contributed by atoms with E-state index in [1.165, 1.54) is 11.5 Å². The average Bonchev–Trinajstić information content (AvgIpc) is 2.78. The second kappa shape index (κ2) is 6.84. The van der Waals surface area contributed by atoms with Gasteiger partial charge in [0.15, 0.2) is 4.34 Å². The summed E-state index contributed by atoms with van der Waals surface area (Å²) in [7, 11) is 0. The molecular formula is C10H16N4S2. The van der Waals surface area contributed by atoms with Gasteiger partial charge in [-0.15, -0.1) is 0 Å². The second-order valence-corrected chi connectivity index (χ2v) is 5.76. The maximum atomic E-state index is 9.06. The SMILES string of the molecule is CCNC(C)(C#N)CCCSc1ncns1. The Hall–Kier alpha value is -0.640. The summed E-state index contributed by atoms with van der Waals surface area (Å²) < 4.78 is 4.94. The molecule has 1 atom stereocenters. The summed E-state index contributed by atoms with van der Waals surface area (Å²) in [4.78, 5) is 4.10. The Morgan fingerprint density at radius 3 is 3.06 bits per heavy atom. The monoisotopic (exact) mass is 256 g/mol. The normalized spacial score (nSPS) is 14.3. The minimum Gasteiger partial charge on any atom is -0.300 e. The number of hydrogen-bond acceptors (Lipinski definition) is 6. The Kier molecular flexibility index (Phi) is 5.74. The highest BCUT2D eigenvalue weighted by molar-refractivity contribution is 8.00. The fourth-order valence-corrected chi connectivity index (χ4v) is 2.84. The van der Waals surface area contributed by atoms with Gasteiger partial charge in [0.1, 0.15) is 11.9 Å². The zero-order valence-electron chi connectivity index (χ0n) is 9.56. The van der Waals surface area contributed by atoms with Gasteiger partial charge in [-0.25, -0.2) is 4.98 Å². The molecule has 0 radical (unpaired) electrons. The first kappa shape index (κ1) is 13.4. The van der Waals surface area contributed by atoms with E-state index in [1.807, 2.05) is 13.8 Å². The highest BCUT2D eigenvalue weighted by Crippen LogP contribution is 2.21. The minimum absolute atomic E-state index is 0.392. The average molecular weight is 256 g/mol. The number of nitrogens with zero attached hydrogens (tertiary/aromatic N) is 3. The first-order valence-corrected chi connectivity index (χ1v) is 7.02. The minimum atomic E-state index is -0.392. The predicted octanol–water partition coefficient (Wildman–Crippen LogP) is 2.30. The second-order valence-electron chi connectivity index (χ2n) is 3.63. The van der Waals surface area contributed by atoms with Crippen molar-refractivity contribution >= 4 is 23.3 Å². The van der Waals surface area contributed by atoms with E-state index in [0.717, 1.165) is 29.5 Å². The molecular weight excluding hydrogens is 240 g/mol. The molecule has 0 spiro atoms. The van der Waals surface area contributed by atoms with E-state index in [2.05, 4.69) is 20.7 Å². The van der Waals surface area contributed by atoms with Crippen molar-refractivity contribution < 1.29 is 0 Å². The van der Waals surface area contributed by atoms with E-state index in [1.54, 1.807) is 18.1 Å². The molecule has 0 fully saturated rings. The van der Waals surface area contributed by atoms with Crippen LogP contribution in [0.5, 0.6) is 0 Å². The topological polar surface area (TPSA) is 61.6 Å². The fourth-order valence-electron chi connectivity index (χ4n) is 1.39. The summed E-state index contributed by atoms with van der Waals surface area (Å²) in [5, 5.41) is 12.3. The Morgan fingerprint density at radius 1 is 1.69 bits per heavy atom. The number of nitrogens with one attached hydrogen (secondary N) is 1. The van der Waals surface area contributed by atoms with Crippen molar-refractivity contribution in [2.45, 2.75) is 36.6 Å². The molecule has 16 heavy (non-hydrogen) atoms. The van der Waals surface area contributed by atoms with Gasteiger partial charge in [0.25, 0.3) is 0 Å². The Morgan fingerprint density at radius 2 is 2.50 bits per heavy atom. The lowest BCUT2D eigenvalue weighted by molar-refractivity contribution is 0.426. The van der Waals surface area contributed by atoms with Crippen LogP contribution in [0, 0.1) is 11.3 Å². The maximum absolute atomic E-state index is 9.06. The molecule has 0 aliphatic rings. The van der Waals surface area contributed by atoms with E-state index in [0.29, 0.717) is 0 Å². The standard InChI is InChI=1S/C10H16N4S2/c1-3-13-10(2,7-11)5-4-6-15-9-12-8-14-16-9/h8,13H,3-6H2,1-2H3. The summed E-state index contributed by atoms with van der Waals surface area (Å²) in [6.45, 7) is 4.80. The molecule has 88 valence electrons. The molecule has 0 saturated heterocycles. The smallest absolute Gasteiger partial charge is 0.169 e. The van der Waals surface area contributed by atoms with Crippen LogP contribution < -0.4 is 5.32 Å². The van der Waals surface area contributed by atoms with E-state index >= 15 is 0 Å². The molecule has 0 amide bonds. The van der Waals surface area contributed by atoms with Crippen molar-refractivity contribution in [2.75, 3.05) is 12.3 Å². The molecule has 0 aliphatic heterocycles. The fraction of sp³-hybridized carbons (Fsp3) is 0.700. The molecule has 1 rings (SSSR count). The van der Waals surface area contributed by atoms with Gasteiger partial charge in [0.05, 0.1) is 6.07 Å². The van der Waals surface area contributed by atoms with Crippen LogP contribution in [0.3, 0.4) is 0 Å². The number of hydrogen-bond donors (Lipinski definition) is 1. The third kappa shape index (κ3) is 4.47. The predicted molar refractivity (Wildman–Crippen MR) is 67.6 cm³/mol. The van der Waals surface area contributed by atoms with Crippen LogP contribution >= 0.6 is 23.3 Å². The third-order valence-electron chi connectivity index (χ3n) is 2.20. The highest BCUT2D eigenvalue weighted by Gasteiger charge is 2.21. The zero-order chi connectivity index (χ0) is 11.9. The summed E-state index contributed by atoms with van der Waals surface area (Å²) >= 11 is 3.12. The van der Waals surface area contributed by atoms with Crippen LogP contribution in [0.25, 0.3) is 0 Å². The summed E-state index contributed by atoms with van der Waals surface area (Å²) in [6, 6.07) is 2.33. The lowest BCUT2D eigenvalue weighted by atomic mass is 9.98. The molecule has 6 heteroatoms. The van der Waals surface area contributed by atoms with Crippen LogP contribution in [-0.4, -0.2) is 27.2 Å². The maximum Gasteiger partial charge on any atom is 0.169 e. The Balaban J connectivity index is 2.21. The van der Waals surface area contributed by atoms with Crippen LogP contribution in [-0.2, 0) is 0 Å². The molecule has 0 bridgehead atoms. The lowest BCUT2D eigenvalue weighted by Crippen LogP contribution is -2.40. The largest absolute Gasteiger partial charge is 0.300 e. The van der Waals surface area contributed by atoms with Crippen molar-refractivity contribution in [1.29, 1.82) is 5.26 Å². The Labute approximate surface area is 105 Å². The molecule has 0 saturated carbocycles. The van der Waals surface area contributed by atoms with Crippen LogP contribution in [0.1, 0.15) is 26.7 Å². The van der Waals surface area contributed by atoms with Gasteiger partial charge in [0.2, 0.25) is 0 Å². The van der Waals surface area contributed by atoms with Gasteiger partial charge in [0, 0.05) is 5.75 Å². The first-order chi connectivity index (χ1) is 7.70. The molecule has 1 heterocycles. The van der Waals surface area contributed by atoms with E-state index in [9.17, 15) is 0 Å². The quantitative estimate of drug-likeness (QED) is 0.599. The molecule has 0 aliphatic carbocycles. The zero-order valence-corrected chi connectivity index (χ0v) is 11.2. The van der Waals surface area contributed by atoms with Crippen molar-refractivity contribution in [3.05, 3.63) is 6.33 Å². The van der Waals surface area contributed by atoms with Gasteiger partial charge in [-0.3, -0.25) is 5.32 Å². The number of thioether (sulfide) groups is 1. The van der Waals surface area contributed by atoms with E-state index in [4.69, 9.17) is 5.26 Å². The lowest BCUT2D eigenvalue weighted by Gasteiger charge is -2.21. The van der Waals surface area contributed by atoms with E-state index in [-0.39, 0.29) is 0 Å². The molecule has 0 aromatic carbocycles. The highest BCUT2D eigenvalue weighted by atomic mass is 32.2. The van der Waals surface area contributed by atoms with Gasteiger partial charge >= 0.3 is 0 Å². The summed E-state index contributed by atoms with van der Waals surface area (Å²) in [5.41, 5.74) is -0.392. The molecule has 1 unspecified atom stereocenters. The van der Waals surface area contributed by atoms with Gasteiger partial charge in [-0.2, -0.15) is 9.64 Å². The molecule has 1 aromatic rings. The van der Waals surface area contributed by atoms with Crippen LogP contribution in [0.2, 0.25) is 0 Å². The summed E-state index contributed by atoms with van der Waals surface area (Å²) in [6.07, 6.45) is 3.44. The van der Waals surface area contributed by atoms with Crippen molar-refractivity contribution in [2.24, 2.45) is 0 Å². The number of aromatic nitrogens is 2.